The lowest BCUT2D eigenvalue weighted by Gasteiger charge is -2.04. The maximum atomic E-state index is 12.3. The number of carbonyl (C=O) groups excluding carboxylic acids is 1. The van der Waals surface area contributed by atoms with Gasteiger partial charge < -0.3 is 14.7 Å². The largest absolute Gasteiger partial charge is 0.459 e. The molecule has 4 aromatic rings. The van der Waals surface area contributed by atoms with Crippen LogP contribution in [0, 0.1) is 6.92 Å². The third-order valence-corrected chi connectivity index (χ3v) is 4.30. The zero-order valence-electron chi connectivity index (χ0n) is 13.4. The van der Waals surface area contributed by atoms with Crippen LogP contribution in [0.25, 0.3) is 21.9 Å². The van der Waals surface area contributed by atoms with Gasteiger partial charge in [0.15, 0.2) is 0 Å². The highest BCUT2D eigenvalue weighted by Crippen LogP contribution is 2.22. The van der Waals surface area contributed by atoms with E-state index in [4.69, 9.17) is 4.42 Å². The Morgan fingerprint density at radius 2 is 1.92 bits per heavy atom. The second-order valence-electron chi connectivity index (χ2n) is 5.98. The number of nitrogens with one attached hydrogen (secondary N) is 2. The molecule has 0 spiro atoms. The molecule has 4 nitrogen and oxygen atoms in total. The van der Waals surface area contributed by atoms with Crippen LogP contribution in [0.1, 0.15) is 17.0 Å². The summed E-state index contributed by atoms with van der Waals surface area (Å²) in [5.41, 5.74) is 3.99. The highest BCUT2D eigenvalue weighted by atomic mass is 16.3. The highest BCUT2D eigenvalue weighted by molar-refractivity contribution is 5.90. The van der Waals surface area contributed by atoms with Crippen molar-refractivity contribution in [2.45, 2.75) is 19.9 Å². The average molecular weight is 318 g/mol. The van der Waals surface area contributed by atoms with Gasteiger partial charge in [0.05, 0.1) is 13.0 Å². The topological polar surface area (TPSA) is 58.0 Å². The molecule has 120 valence electrons. The van der Waals surface area contributed by atoms with Gasteiger partial charge >= 0.3 is 0 Å². The molecule has 2 N–H and O–H groups in total. The number of hydrogen-bond donors (Lipinski definition) is 2. The van der Waals surface area contributed by atoms with Gasteiger partial charge in [0.1, 0.15) is 11.3 Å². The molecule has 0 atom stereocenters. The Kier molecular flexibility index (Phi) is 3.58. The minimum absolute atomic E-state index is 0.0108. The minimum Gasteiger partial charge on any atom is -0.459 e. The Morgan fingerprint density at radius 3 is 2.79 bits per heavy atom. The van der Waals surface area contributed by atoms with E-state index < -0.39 is 0 Å². The Morgan fingerprint density at radius 1 is 1.12 bits per heavy atom. The van der Waals surface area contributed by atoms with E-state index in [9.17, 15) is 4.79 Å². The first kappa shape index (κ1) is 14.6. The normalized spacial score (nSPS) is 11.2. The standard InChI is InChI=1S/C20H18N2O2/c1-13-17(16-7-3-4-8-18(16)22-13)11-20(23)21-12-15-10-14-6-2-5-9-19(14)24-15/h2-10,22H,11-12H2,1H3,(H,21,23). The molecular formula is C20H18N2O2. The van der Waals surface area contributed by atoms with E-state index in [0.29, 0.717) is 13.0 Å². The van der Waals surface area contributed by atoms with Gasteiger partial charge in [-0.15, -0.1) is 0 Å². The molecule has 0 bridgehead atoms. The van der Waals surface area contributed by atoms with E-state index in [0.717, 1.165) is 38.9 Å². The summed E-state index contributed by atoms with van der Waals surface area (Å²) < 4.78 is 5.73. The molecule has 0 aliphatic carbocycles. The number of aromatic nitrogens is 1. The molecule has 2 aromatic carbocycles. The molecule has 1 amide bonds. The van der Waals surface area contributed by atoms with Crippen molar-refractivity contribution < 1.29 is 9.21 Å². The van der Waals surface area contributed by atoms with Crippen LogP contribution in [0.3, 0.4) is 0 Å². The van der Waals surface area contributed by atoms with Crippen LogP contribution in [0.5, 0.6) is 0 Å². The maximum absolute atomic E-state index is 12.3. The lowest BCUT2D eigenvalue weighted by Crippen LogP contribution is -2.24. The Labute approximate surface area is 139 Å². The summed E-state index contributed by atoms with van der Waals surface area (Å²) in [6.07, 6.45) is 0.357. The zero-order chi connectivity index (χ0) is 16.5. The van der Waals surface area contributed by atoms with Crippen LogP contribution >= 0.6 is 0 Å². The molecule has 24 heavy (non-hydrogen) atoms. The fourth-order valence-electron chi connectivity index (χ4n) is 3.10. The molecule has 0 saturated heterocycles. The fraction of sp³-hybridized carbons (Fsp3) is 0.150. The SMILES string of the molecule is Cc1[nH]c2ccccc2c1CC(=O)NCc1cc2ccccc2o1. The van der Waals surface area contributed by atoms with Gasteiger partial charge in [-0.05, 0) is 30.7 Å². The van der Waals surface area contributed by atoms with E-state index in [1.54, 1.807) is 0 Å². The molecule has 0 aliphatic rings. The first-order chi connectivity index (χ1) is 11.7. The monoisotopic (exact) mass is 318 g/mol. The van der Waals surface area contributed by atoms with Crippen LogP contribution in [0.15, 0.2) is 59.0 Å². The summed E-state index contributed by atoms with van der Waals surface area (Å²) in [6.45, 7) is 2.40. The number of amides is 1. The summed E-state index contributed by atoms with van der Waals surface area (Å²) in [4.78, 5) is 15.7. The van der Waals surface area contributed by atoms with Gasteiger partial charge in [-0.2, -0.15) is 0 Å². The molecule has 2 heterocycles. The van der Waals surface area contributed by atoms with Crippen LogP contribution in [0.2, 0.25) is 0 Å². The quantitative estimate of drug-likeness (QED) is 0.595. The molecule has 2 aromatic heterocycles. The van der Waals surface area contributed by atoms with Crippen molar-refractivity contribution in [3.63, 3.8) is 0 Å². The van der Waals surface area contributed by atoms with Crippen molar-refractivity contribution in [1.29, 1.82) is 0 Å². The summed E-state index contributed by atoms with van der Waals surface area (Å²) in [7, 11) is 0. The molecule has 0 unspecified atom stereocenters. The number of furan rings is 1. The summed E-state index contributed by atoms with van der Waals surface area (Å²) in [5, 5.41) is 5.10. The average Bonchev–Trinajstić information content (AvgIpc) is 3.14. The minimum atomic E-state index is -0.0108. The first-order valence-corrected chi connectivity index (χ1v) is 8.01. The smallest absolute Gasteiger partial charge is 0.224 e. The number of aromatic amines is 1. The number of rotatable bonds is 4. The van der Waals surface area contributed by atoms with Gasteiger partial charge in [-0.3, -0.25) is 4.79 Å². The molecule has 4 rings (SSSR count). The number of H-pyrrole nitrogens is 1. The molecular weight excluding hydrogens is 300 g/mol. The summed E-state index contributed by atoms with van der Waals surface area (Å²) in [5.74, 6) is 0.753. The lowest BCUT2D eigenvalue weighted by atomic mass is 10.1. The third kappa shape index (κ3) is 2.67. The van der Waals surface area contributed by atoms with E-state index in [1.807, 2.05) is 61.5 Å². The number of benzene rings is 2. The summed E-state index contributed by atoms with van der Waals surface area (Å²) >= 11 is 0. The van der Waals surface area contributed by atoms with E-state index in [1.165, 1.54) is 0 Å². The number of carbonyl (C=O) groups is 1. The molecule has 0 saturated carbocycles. The van der Waals surface area contributed by atoms with E-state index in [-0.39, 0.29) is 5.91 Å². The zero-order valence-corrected chi connectivity index (χ0v) is 13.4. The van der Waals surface area contributed by atoms with Crippen LogP contribution in [0.4, 0.5) is 0 Å². The molecule has 0 aliphatic heterocycles. The number of para-hydroxylation sites is 2. The van der Waals surface area contributed by atoms with E-state index >= 15 is 0 Å². The maximum Gasteiger partial charge on any atom is 0.224 e. The predicted molar refractivity (Wildman–Crippen MR) is 94.8 cm³/mol. The van der Waals surface area contributed by atoms with Crippen LogP contribution < -0.4 is 5.32 Å². The number of hydrogen-bond acceptors (Lipinski definition) is 2. The molecule has 0 radical (unpaired) electrons. The van der Waals surface area contributed by atoms with E-state index in [2.05, 4.69) is 10.3 Å². The van der Waals surface area contributed by atoms with Gasteiger partial charge in [0.2, 0.25) is 5.91 Å². The predicted octanol–water partition coefficient (Wildman–Crippen LogP) is 4.08. The second-order valence-corrected chi connectivity index (χ2v) is 5.98. The van der Waals surface area contributed by atoms with Crippen molar-refractivity contribution >= 4 is 27.8 Å². The molecule has 4 heteroatoms. The number of fused-ring (bicyclic) bond motifs is 2. The number of aryl methyl sites for hydroxylation is 1. The van der Waals surface area contributed by atoms with Crippen LogP contribution in [-0.2, 0) is 17.8 Å². The fourth-order valence-corrected chi connectivity index (χ4v) is 3.10. The summed E-state index contributed by atoms with van der Waals surface area (Å²) in [6, 6.07) is 17.9. The van der Waals surface area contributed by atoms with Crippen molar-refractivity contribution in [3.8, 4) is 0 Å². The van der Waals surface area contributed by atoms with Gasteiger partial charge in [-0.1, -0.05) is 36.4 Å². The van der Waals surface area contributed by atoms with Gasteiger partial charge in [0.25, 0.3) is 0 Å². The van der Waals surface area contributed by atoms with Crippen molar-refractivity contribution in [2.75, 3.05) is 0 Å². The molecule has 0 fully saturated rings. The van der Waals surface area contributed by atoms with Crippen molar-refractivity contribution in [1.82, 2.24) is 10.3 Å². The van der Waals surface area contributed by atoms with Crippen molar-refractivity contribution in [3.05, 3.63) is 71.6 Å². The second kappa shape index (κ2) is 5.89. The Balaban J connectivity index is 1.47. The highest BCUT2D eigenvalue weighted by Gasteiger charge is 2.12. The third-order valence-electron chi connectivity index (χ3n) is 4.30. The lowest BCUT2D eigenvalue weighted by molar-refractivity contribution is -0.120. The Hall–Kier alpha value is -3.01. The van der Waals surface area contributed by atoms with Gasteiger partial charge in [0, 0.05) is 22.0 Å². The van der Waals surface area contributed by atoms with Gasteiger partial charge in [-0.25, -0.2) is 0 Å². The van der Waals surface area contributed by atoms with Crippen molar-refractivity contribution in [2.24, 2.45) is 0 Å². The first-order valence-electron chi connectivity index (χ1n) is 8.01. The van der Waals surface area contributed by atoms with Crippen LogP contribution in [-0.4, -0.2) is 10.9 Å². The Bertz CT molecular complexity index is 993.